The fourth-order valence-electron chi connectivity index (χ4n) is 2.08. The highest BCUT2D eigenvalue weighted by atomic mass is 32.1. The van der Waals surface area contributed by atoms with Gasteiger partial charge in [0.25, 0.3) is 0 Å². The molecule has 0 unspecified atom stereocenters. The number of nitrogens with zero attached hydrogens (tertiary/aromatic N) is 1. The highest BCUT2D eigenvalue weighted by molar-refractivity contribution is 7.18. The second kappa shape index (κ2) is 3.87. The van der Waals surface area contributed by atoms with Crippen molar-refractivity contribution in [2.45, 2.75) is 19.8 Å². The van der Waals surface area contributed by atoms with Gasteiger partial charge in [0, 0.05) is 0 Å². The van der Waals surface area contributed by atoms with Gasteiger partial charge in [0.2, 0.25) is 0 Å². The number of benzene rings is 1. The van der Waals surface area contributed by atoms with Crippen LogP contribution in [0.4, 0.5) is 0 Å². The lowest BCUT2D eigenvalue weighted by molar-refractivity contribution is 1.05. The van der Waals surface area contributed by atoms with E-state index in [4.69, 9.17) is 0 Å². The van der Waals surface area contributed by atoms with E-state index >= 15 is 0 Å². The maximum Gasteiger partial charge on any atom is 0.0907 e. The van der Waals surface area contributed by atoms with Crippen LogP contribution < -0.4 is 0 Å². The van der Waals surface area contributed by atoms with E-state index in [1.54, 1.807) is 11.3 Å². The summed E-state index contributed by atoms with van der Waals surface area (Å²) >= 11 is 1.77. The largest absolute Gasteiger partial charge is 0.242 e. The van der Waals surface area contributed by atoms with E-state index in [-0.39, 0.29) is 0 Å². The van der Waals surface area contributed by atoms with Crippen molar-refractivity contribution in [3.05, 3.63) is 47.0 Å². The molecule has 0 atom stereocenters. The first-order chi connectivity index (χ1) is 7.83. The van der Waals surface area contributed by atoms with Crippen LogP contribution in [-0.4, -0.2) is 4.98 Å². The molecule has 0 bridgehead atoms. The van der Waals surface area contributed by atoms with Crippen molar-refractivity contribution in [1.82, 2.24) is 4.98 Å². The molecule has 0 saturated carbocycles. The van der Waals surface area contributed by atoms with Gasteiger partial charge in [-0.1, -0.05) is 24.3 Å². The lowest BCUT2D eigenvalue weighted by atomic mass is 9.97. The highest BCUT2D eigenvalue weighted by Gasteiger charge is 2.06. The molecule has 80 valence electrons. The van der Waals surface area contributed by atoms with Gasteiger partial charge in [-0.05, 0) is 43.0 Å². The Bertz CT molecular complexity index is 590. The van der Waals surface area contributed by atoms with Crippen LogP contribution in [0.3, 0.4) is 0 Å². The molecule has 1 heterocycles. The molecule has 1 nitrogen and oxygen atoms in total. The van der Waals surface area contributed by atoms with E-state index in [0.717, 1.165) is 23.4 Å². The van der Waals surface area contributed by atoms with Gasteiger partial charge in [-0.15, -0.1) is 11.3 Å². The van der Waals surface area contributed by atoms with Crippen molar-refractivity contribution in [1.29, 1.82) is 0 Å². The van der Waals surface area contributed by atoms with Crippen molar-refractivity contribution < 1.29 is 0 Å². The van der Waals surface area contributed by atoms with Crippen molar-refractivity contribution >= 4 is 27.1 Å². The van der Waals surface area contributed by atoms with Gasteiger partial charge in [0.15, 0.2) is 0 Å². The molecule has 0 N–H and O–H groups in total. The van der Waals surface area contributed by atoms with Crippen LogP contribution in [0.5, 0.6) is 0 Å². The first-order valence-electron chi connectivity index (χ1n) is 5.56. The van der Waals surface area contributed by atoms with E-state index < -0.39 is 0 Å². The normalized spacial score (nSPS) is 15.4. The Morgan fingerprint density at radius 1 is 1.31 bits per heavy atom. The average molecular weight is 227 g/mol. The molecule has 0 spiro atoms. The van der Waals surface area contributed by atoms with Gasteiger partial charge in [-0.25, -0.2) is 4.98 Å². The van der Waals surface area contributed by atoms with Gasteiger partial charge in [-0.2, -0.15) is 0 Å². The number of rotatable bonds is 1. The fraction of sp³-hybridized carbons (Fsp3) is 0.214. The molecule has 16 heavy (non-hydrogen) atoms. The molecule has 2 heteroatoms. The van der Waals surface area contributed by atoms with Crippen LogP contribution in [-0.2, 0) is 0 Å². The fourth-order valence-corrected chi connectivity index (χ4v) is 2.95. The molecule has 0 amide bonds. The summed E-state index contributed by atoms with van der Waals surface area (Å²) in [5, 5.41) is 1.14. The van der Waals surface area contributed by atoms with Gasteiger partial charge in [0.1, 0.15) is 0 Å². The summed E-state index contributed by atoms with van der Waals surface area (Å²) in [5.41, 5.74) is 3.91. The molecule has 3 rings (SSSR count). The van der Waals surface area contributed by atoms with Crippen LogP contribution in [0.1, 0.15) is 23.4 Å². The van der Waals surface area contributed by atoms with E-state index in [9.17, 15) is 0 Å². The minimum atomic E-state index is 1.12. The number of allylic oxidation sites excluding steroid dienone is 4. The third-order valence-corrected chi connectivity index (χ3v) is 3.81. The number of hydrogen-bond donors (Lipinski definition) is 0. The minimum Gasteiger partial charge on any atom is -0.242 e. The van der Waals surface area contributed by atoms with Gasteiger partial charge in [0.05, 0.1) is 15.2 Å². The molecule has 0 aliphatic heterocycles. The molecule has 2 aromatic rings. The molecular formula is C14H13NS. The molecule has 1 aromatic heterocycles. The number of aromatic nitrogens is 1. The van der Waals surface area contributed by atoms with E-state index in [1.807, 2.05) is 0 Å². The molecule has 1 aliphatic carbocycles. The monoisotopic (exact) mass is 227 g/mol. The van der Waals surface area contributed by atoms with E-state index in [0.29, 0.717) is 0 Å². The molecule has 0 fully saturated rings. The quantitative estimate of drug-likeness (QED) is 0.706. The molecular weight excluding hydrogens is 214 g/mol. The predicted octanol–water partition coefficient (Wildman–Crippen LogP) is 4.34. The Kier molecular flexibility index (Phi) is 2.37. The third kappa shape index (κ3) is 1.69. The molecule has 1 aliphatic rings. The molecule has 0 radical (unpaired) electrons. The van der Waals surface area contributed by atoms with Crippen LogP contribution >= 0.6 is 11.3 Å². The Morgan fingerprint density at radius 2 is 2.25 bits per heavy atom. The topological polar surface area (TPSA) is 12.9 Å². The van der Waals surface area contributed by atoms with Crippen molar-refractivity contribution in [3.63, 3.8) is 0 Å². The van der Waals surface area contributed by atoms with Crippen LogP contribution in [0.2, 0.25) is 0 Å². The number of aryl methyl sites for hydroxylation is 1. The zero-order valence-corrected chi connectivity index (χ0v) is 10.1. The summed E-state index contributed by atoms with van der Waals surface area (Å²) in [6.45, 7) is 2.06. The number of fused-ring (bicyclic) bond motifs is 1. The number of hydrogen-bond acceptors (Lipinski definition) is 2. The summed E-state index contributed by atoms with van der Waals surface area (Å²) in [5.74, 6) is 0. The van der Waals surface area contributed by atoms with Crippen molar-refractivity contribution in [2.75, 3.05) is 0 Å². The number of thiazole rings is 1. The van der Waals surface area contributed by atoms with Crippen LogP contribution in [0.25, 0.3) is 15.8 Å². The molecule has 1 aromatic carbocycles. The maximum absolute atomic E-state index is 4.48. The summed E-state index contributed by atoms with van der Waals surface area (Å²) in [7, 11) is 0. The lowest BCUT2D eigenvalue weighted by Crippen LogP contribution is -1.87. The second-order valence-corrected chi connectivity index (χ2v) is 5.31. The Hall–Kier alpha value is -1.41. The SMILES string of the molecule is Cc1nc2ccc(C3=CC=CCC3)cc2s1. The second-order valence-electron chi connectivity index (χ2n) is 4.07. The summed E-state index contributed by atoms with van der Waals surface area (Å²) in [6.07, 6.45) is 8.91. The average Bonchev–Trinajstić information content (AvgIpc) is 2.69. The van der Waals surface area contributed by atoms with Crippen molar-refractivity contribution in [3.8, 4) is 0 Å². The molecule has 0 saturated heterocycles. The van der Waals surface area contributed by atoms with Crippen molar-refractivity contribution in [2.24, 2.45) is 0 Å². The minimum absolute atomic E-state index is 1.12. The van der Waals surface area contributed by atoms with Gasteiger partial charge in [-0.3, -0.25) is 0 Å². The first kappa shape index (κ1) is 9.79. The smallest absolute Gasteiger partial charge is 0.0907 e. The summed E-state index contributed by atoms with van der Waals surface area (Å²) in [4.78, 5) is 4.48. The third-order valence-electron chi connectivity index (χ3n) is 2.88. The maximum atomic E-state index is 4.48. The van der Waals surface area contributed by atoms with Crippen LogP contribution in [0.15, 0.2) is 36.4 Å². The van der Waals surface area contributed by atoms with E-state index in [1.165, 1.54) is 15.8 Å². The zero-order chi connectivity index (χ0) is 11.0. The zero-order valence-electron chi connectivity index (χ0n) is 9.23. The lowest BCUT2D eigenvalue weighted by Gasteiger charge is -2.08. The highest BCUT2D eigenvalue weighted by Crippen LogP contribution is 2.29. The standard InChI is InChI=1S/C14H13NS/c1-10-15-13-8-7-12(9-14(13)16-10)11-5-3-2-4-6-11/h2-3,5,7-9H,4,6H2,1H3. The Labute approximate surface area is 99.1 Å². The summed E-state index contributed by atoms with van der Waals surface area (Å²) < 4.78 is 1.30. The van der Waals surface area contributed by atoms with Gasteiger partial charge >= 0.3 is 0 Å². The van der Waals surface area contributed by atoms with E-state index in [2.05, 4.69) is 48.3 Å². The summed E-state index contributed by atoms with van der Waals surface area (Å²) in [6, 6.07) is 6.59. The Balaban J connectivity index is 2.10. The Morgan fingerprint density at radius 3 is 3.06 bits per heavy atom. The predicted molar refractivity (Wildman–Crippen MR) is 70.7 cm³/mol. The van der Waals surface area contributed by atoms with Crippen LogP contribution in [0, 0.1) is 6.92 Å². The first-order valence-corrected chi connectivity index (χ1v) is 6.38. The van der Waals surface area contributed by atoms with Gasteiger partial charge < -0.3 is 0 Å².